The monoisotopic (exact) mass is 254 g/mol. The van der Waals surface area contributed by atoms with Crippen LogP contribution in [0.15, 0.2) is 29.2 Å². The van der Waals surface area contributed by atoms with Gasteiger partial charge in [-0.1, -0.05) is 19.1 Å². The highest BCUT2D eigenvalue weighted by molar-refractivity contribution is 7.91. The molecular weight excluding hydrogens is 236 g/mol. The molecule has 1 aliphatic rings. The van der Waals surface area contributed by atoms with Gasteiger partial charge in [-0.3, -0.25) is 0 Å². The Hall–Kier alpha value is -0.910. The smallest absolute Gasteiger partial charge is 0.178 e. The molecule has 0 saturated carbocycles. The number of nitrogens with two attached hydrogens (primary N) is 1. The lowest BCUT2D eigenvalue weighted by atomic mass is 9.89. The van der Waals surface area contributed by atoms with Gasteiger partial charge < -0.3 is 11.1 Å². The first kappa shape index (κ1) is 12.5. The van der Waals surface area contributed by atoms with E-state index in [4.69, 9.17) is 5.73 Å². The topological polar surface area (TPSA) is 72.2 Å². The minimum absolute atomic E-state index is 0.00497. The van der Waals surface area contributed by atoms with E-state index in [1.807, 2.05) is 12.1 Å². The highest BCUT2D eigenvalue weighted by Gasteiger charge is 2.25. The van der Waals surface area contributed by atoms with Crippen LogP contribution in [0.5, 0.6) is 0 Å². The quantitative estimate of drug-likeness (QED) is 0.829. The lowest BCUT2D eigenvalue weighted by molar-refractivity contribution is 0.295. The van der Waals surface area contributed by atoms with Gasteiger partial charge in [0.1, 0.15) is 0 Å². The summed E-state index contributed by atoms with van der Waals surface area (Å²) in [6, 6.07) is 6.95. The van der Waals surface area contributed by atoms with Crippen LogP contribution >= 0.6 is 0 Å². The van der Waals surface area contributed by atoms with Gasteiger partial charge in [-0.25, -0.2) is 8.42 Å². The van der Waals surface area contributed by atoms with Crippen LogP contribution in [0, 0.1) is 5.92 Å². The molecule has 5 heteroatoms. The van der Waals surface area contributed by atoms with Gasteiger partial charge in [0.15, 0.2) is 9.84 Å². The Labute approximate surface area is 102 Å². The summed E-state index contributed by atoms with van der Waals surface area (Å²) in [5.41, 5.74) is 7.11. The molecule has 17 heavy (non-hydrogen) atoms. The van der Waals surface area contributed by atoms with Crippen molar-refractivity contribution in [3.05, 3.63) is 29.8 Å². The van der Waals surface area contributed by atoms with Crippen molar-refractivity contribution in [2.75, 3.05) is 18.8 Å². The molecule has 1 unspecified atom stereocenters. The van der Waals surface area contributed by atoms with E-state index in [-0.39, 0.29) is 11.8 Å². The highest BCUT2D eigenvalue weighted by Crippen LogP contribution is 2.23. The predicted molar refractivity (Wildman–Crippen MR) is 67.5 cm³/mol. The number of nitrogens with one attached hydrogen (secondary N) is 1. The first-order valence-corrected chi connectivity index (χ1v) is 7.49. The molecule has 0 amide bonds. The number of hydrogen-bond acceptors (Lipinski definition) is 4. The molecule has 4 nitrogen and oxygen atoms in total. The highest BCUT2D eigenvalue weighted by atomic mass is 32.2. The van der Waals surface area contributed by atoms with Gasteiger partial charge in [0.2, 0.25) is 0 Å². The van der Waals surface area contributed by atoms with Crippen molar-refractivity contribution >= 4 is 9.84 Å². The van der Waals surface area contributed by atoms with Crippen molar-refractivity contribution in [3.8, 4) is 0 Å². The van der Waals surface area contributed by atoms with E-state index in [1.54, 1.807) is 19.1 Å². The molecule has 1 heterocycles. The molecule has 1 aromatic rings. The minimum atomic E-state index is -3.11. The SMILES string of the molecule is CCS(=O)(=O)c1ccc(C(N)C2CNC2)cc1. The van der Waals surface area contributed by atoms with E-state index >= 15 is 0 Å². The van der Waals surface area contributed by atoms with Crippen molar-refractivity contribution in [1.29, 1.82) is 0 Å². The number of sulfone groups is 1. The molecule has 1 aromatic carbocycles. The van der Waals surface area contributed by atoms with Gasteiger partial charge in [0.05, 0.1) is 10.6 Å². The van der Waals surface area contributed by atoms with Crippen LogP contribution in [0.1, 0.15) is 18.5 Å². The minimum Gasteiger partial charge on any atom is -0.324 e. The number of benzene rings is 1. The summed E-state index contributed by atoms with van der Waals surface area (Å²) in [5, 5.41) is 3.18. The Kier molecular flexibility index (Phi) is 3.51. The Morgan fingerprint density at radius 1 is 1.35 bits per heavy atom. The molecule has 1 atom stereocenters. The summed E-state index contributed by atoms with van der Waals surface area (Å²) in [4.78, 5) is 0.377. The average molecular weight is 254 g/mol. The summed E-state index contributed by atoms with van der Waals surface area (Å²) < 4.78 is 23.3. The van der Waals surface area contributed by atoms with Crippen LogP contribution in [0.25, 0.3) is 0 Å². The first-order valence-electron chi connectivity index (χ1n) is 5.83. The van der Waals surface area contributed by atoms with E-state index in [0.717, 1.165) is 18.7 Å². The summed E-state index contributed by atoms with van der Waals surface area (Å²) in [7, 11) is -3.11. The van der Waals surface area contributed by atoms with E-state index in [1.165, 1.54) is 0 Å². The molecule has 1 saturated heterocycles. The van der Waals surface area contributed by atoms with Crippen LogP contribution in [-0.2, 0) is 9.84 Å². The van der Waals surface area contributed by atoms with Crippen LogP contribution < -0.4 is 11.1 Å². The molecule has 0 bridgehead atoms. The fourth-order valence-electron chi connectivity index (χ4n) is 1.90. The Bertz CT molecular complexity index is 478. The lowest BCUT2D eigenvalue weighted by Crippen LogP contribution is -2.47. The van der Waals surface area contributed by atoms with Gasteiger partial charge in [-0.05, 0) is 17.7 Å². The van der Waals surface area contributed by atoms with Crippen LogP contribution in [0.2, 0.25) is 0 Å². The predicted octanol–water partition coefficient (Wildman–Crippen LogP) is 0.699. The van der Waals surface area contributed by atoms with Gasteiger partial charge in [-0.15, -0.1) is 0 Å². The molecule has 0 aliphatic carbocycles. The summed E-state index contributed by atoms with van der Waals surface area (Å²) in [5.74, 6) is 0.592. The molecule has 0 radical (unpaired) electrons. The second-order valence-electron chi connectivity index (χ2n) is 4.42. The maximum atomic E-state index is 11.6. The normalized spacial score (nSPS) is 18.7. The fourth-order valence-corrected chi connectivity index (χ4v) is 2.79. The maximum absolute atomic E-state index is 11.6. The zero-order chi connectivity index (χ0) is 12.5. The maximum Gasteiger partial charge on any atom is 0.178 e. The molecule has 2 rings (SSSR count). The third-order valence-electron chi connectivity index (χ3n) is 3.33. The van der Waals surface area contributed by atoms with Crippen LogP contribution in [0.3, 0.4) is 0 Å². The Morgan fingerprint density at radius 2 is 1.94 bits per heavy atom. The Morgan fingerprint density at radius 3 is 2.35 bits per heavy atom. The second-order valence-corrected chi connectivity index (χ2v) is 6.69. The molecule has 1 fully saturated rings. The molecule has 0 spiro atoms. The third kappa shape index (κ3) is 2.51. The van der Waals surface area contributed by atoms with Gasteiger partial charge >= 0.3 is 0 Å². The van der Waals surface area contributed by atoms with E-state index in [9.17, 15) is 8.42 Å². The van der Waals surface area contributed by atoms with Gasteiger partial charge in [-0.2, -0.15) is 0 Å². The summed E-state index contributed by atoms with van der Waals surface area (Å²) >= 11 is 0. The standard InChI is InChI=1S/C12H18N2O2S/c1-2-17(15,16)11-5-3-9(4-6-11)12(13)10-7-14-8-10/h3-6,10,12,14H,2,7-8,13H2,1H3. The van der Waals surface area contributed by atoms with E-state index < -0.39 is 9.84 Å². The molecule has 94 valence electrons. The van der Waals surface area contributed by atoms with Crippen molar-refractivity contribution in [2.24, 2.45) is 11.7 Å². The van der Waals surface area contributed by atoms with Crippen molar-refractivity contribution in [3.63, 3.8) is 0 Å². The first-order chi connectivity index (χ1) is 8.04. The van der Waals surface area contributed by atoms with Crippen LogP contribution in [-0.4, -0.2) is 27.3 Å². The van der Waals surface area contributed by atoms with Gasteiger partial charge in [0, 0.05) is 25.0 Å². The number of hydrogen-bond donors (Lipinski definition) is 2. The fraction of sp³-hybridized carbons (Fsp3) is 0.500. The van der Waals surface area contributed by atoms with Crippen LogP contribution in [0.4, 0.5) is 0 Å². The summed E-state index contributed by atoms with van der Waals surface area (Å²) in [6.45, 7) is 3.53. The largest absolute Gasteiger partial charge is 0.324 e. The van der Waals surface area contributed by atoms with E-state index in [2.05, 4.69) is 5.32 Å². The Balaban J connectivity index is 2.18. The van der Waals surface area contributed by atoms with E-state index in [0.29, 0.717) is 10.8 Å². The second kappa shape index (κ2) is 4.76. The molecular formula is C12H18N2O2S. The third-order valence-corrected chi connectivity index (χ3v) is 5.08. The van der Waals surface area contributed by atoms with Crippen molar-refractivity contribution < 1.29 is 8.42 Å². The lowest BCUT2D eigenvalue weighted by Gasteiger charge is -2.32. The molecule has 1 aliphatic heterocycles. The zero-order valence-electron chi connectivity index (χ0n) is 9.89. The number of rotatable bonds is 4. The summed E-state index contributed by atoms with van der Waals surface area (Å²) in [6.07, 6.45) is 0. The molecule has 3 N–H and O–H groups in total. The van der Waals surface area contributed by atoms with Gasteiger partial charge in [0.25, 0.3) is 0 Å². The average Bonchev–Trinajstić information content (AvgIpc) is 2.27. The van der Waals surface area contributed by atoms with Crippen molar-refractivity contribution in [1.82, 2.24) is 5.32 Å². The zero-order valence-corrected chi connectivity index (χ0v) is 10.7. The van der Waals surface area contributed by atoms with Crippen molar-refractivity contribution in [2.45, 2.75) is 17.9 Å². The molecule has 0 aromatic heterocycles.